The summed E-state index contributed by atoms with van der Waals surface area (Å²) >= 11 is 0. The lowest BCUT2D eigenvalue weighted by atomic mass is 9.58. The smallest absolute Gasteiger partial charge is 0.417 e. The highest BCUT2D eigenvalue weighted by Gasteiger charge is 2.63. The number of benzene rings is 1. The number of fused-ring (bicyclic) bond motifs is 3. The number of primary amides is 1. The first-order chi connectivity index (χ1) is 18.5. The molecule has 1 heterocycles. The number of rotatable bonds is 3. The number of aliphatic hydroxyl groups excluding tert-OH is 2. The highest BCUT2D eigenvalue weighted by Crippen LogP contribution is 2.54. The number of phenols is 1. The minimum absolute atomic E-state index is 0.147. The van der Waals surface area contributed by atoms with Crippen LogP contribution in [0.15, 0.2) is 28.7 Å². The number of phenolic OH excluding ortho intramolecular Hbond substituents is 1. The molecule has 1 fully saturated rings. The Morgan fingerprint density at radius 3 is 2.38 bits per heavy atom. The molecule has 4 aliphatic rings. The number of carbonyl (C=O) groups is 3. The van der Waals surface area contributed by atoms with Gasteiger partial charge in [-0.2, -0.15) is 13.2 Å². The van der Waals surface area contributed by atoms with Gasteiger partial charge in [-0.3, -0.25) is 24.2 Å². The van der Waals surface area contributed by atoms with Gasteiger partial charge in [0.25, 0.3) is 5.91 Å². The van der Waals surface area contributed by atoms with E-state index < -0.39 is 105 Å². The molecule has 40 heavy (non-hydrogen) atoms. The van der Waals surface area contributed by atoms with E-state index in [1.54, 1.807) is 11.9 Å². The van der Waals surface area contributed by atoms with Crippen molar-refractivity contribution in [3.8, 4) is 5.75 Å². The molecule has 13 heteroatoms. The molecule has 10 nitrogen and oxygen atoms in total. The predicted molar refractivity (Wildman–Crippen MR) is 133 cm³/mol. The van der Waals surface area contributed by atoms with Crippen molar-refractivity contribution in [3.05, 3.63) is 51.0 Å². The Labute approximate surface area is 227 Å². The van der Waals surface area contributed by atoms with E-state index in [2.05, 4.69) is 0 Å². The molecule has 0 bridgehead atoms. The number of Topliss-reactive ketones (excluding diaryl/α,β-unsaturated/α-hetero) is 2. The van der Waals surface area contributed by atoms with Crippen molar-refractivity contribution in [3.63, 3.8) is 0 Å². The van der Waals surface area contributed by atoms with E-state index in [-0.39, 0.29) is 12.0 Å². The number of allylic oxidation sites excluding steroid dienone is 1. The Morgan fingerprint density at radius 2 is 1.85 bits per heavy atom. The van der Waals surface area contributed by atoms with Gasteiger partial charge in [0.15, 0.2) is 11.4 Å². The van der Waals surface area contributed by atoms with Crippen LogP contribution >= 0.6 is 0 Å². The number of alkyl halides is 3. The van der Waals surface area contributed by atoms with E-state index >= 15 is 0 Å². The zero-order chi connectivity index (χ0) is 29.6. The third-order valence-electron chi connectivity index (χ3n) is 8.92. The van der Waals surface area contributed by atoms with Crippen LogP contribution in [0, 0.1) is 11.8 Å². The van der Waals surface area contributed by atoms with Gasteiger partial charge in [0.2, 0.25) is 5.78 Å². The van der Waals surface area contributed by atoms with Gasteiger partial charge in [-0.25, -0.2) is 0 Å². The molecule has 0 saturated carbocycles. The third kappa shape index (κ3) is 3.71. The standard InChI is InChI=1S/C27H30F3N3O7/c1-32(2)20-13-8-10-7-12-17(15(34)9-11(19(12)27(28,29)30)14-5-4-6-33(14)3)21(35)16(10)23(37)26(13,40)24(38)18(22(20)36)25(31)39/h9-10,13-14,20,34,36-37,40H,4-8H2,1-3H3,(H2,31,39)/t10-,13-,14-,20-,26-/m0/s1. The fourth-order valence-electron chi connectivity index (χ4n) is 7.25. The summed E-state index contributed by atoms with van der Waals surface area (Å²) in [7, 11) is 4.62. The second-order valence-corrected chi connectivity index (χ2v) is 11.3. The number of aliphatic hydroxyl groups is 3. The number of aromatic hydroxyl groups is 1. The van der Waals surface area contributed by atoms with Crippen LogP contribution in [-0.4, -0.2) is 87.0 Å². The normalized spacial score (nSPS) is 31.0. The molecule has 3 aliphatic carbocycles. The molecule has 5 rings (SSSR count). The summed E-state index contributed by atoms with van der Waals surface area (Å²) in [5.41, 5.74) is -1.26. The van der Waals surface area contributed by atoms with Crippen LogP contribution in [0.25, 0.3) is 0 Å². The number of amides is 1. The number of hydrogen-bond donors (Lipinski definition) is 5. The average Bonchev–Trinajstić information content (AvgIpc) is 3.25. The number of nitrogens with zero attached hydrogens (tertiary/aromatic N) is 2. The molecule has 1 amide bonds. The van der Waals surface area contributed by atoms with Crippen LogP contribution in [0.3, 0.4) is 0 Å². The highest BCUT2D eigenvalue weighted by molar-refractivity contribution is 6.24. The van der Waals surface area contributed by atoms with Gasteiger partial charge < -0.3 is 26.2 Å². The van der Waals surface area contributed by atoms with Crippen molar-refractivity contribution in [1.82, 2.24) is 9.80 Å². The van der Waals surface area contributed by atoms with Gasteiger partial charge in [0, 0.05) is 17.5 Å². The number of ketones is 2. The van der Waals surface area contributed by atoms with E-state index in [0.717, 1.165) is 6.07 Å². The minimum Gasteiger partial charge on any atom is -0.510 e. The predicted octanol–water partition coefficient (Wildman–Crippen LogP) is 1.91. The Balaban J connectivity index is 1.75. The van der Waals surface area contributed by atoms with Gasteiger partial charge in [-0.1, -0.05) is 0 Å². The molecule has 0 radical (unpaired) electrons. The van der Waals surface area contributed by atoms with Gasteiger partial charge in [0.05, 0.1) is 17.2 Å². The molecular formula is C27H30F3N3O7. The maximum absolute atomic E-state index is 14.6. The Kier molecular flexibility index (Phi) is 6.36. The van der Waals surface area contributed by atoms with Crippen molar-refractivity contribution in [2.24, 2.45) is 17.6 Å². The van der Waals surface area contributed by atoms with Crippen LogP contribution in [0.2, 0.25) is 0 Å². The van der Waals surface area contributed by atoms with Crippen molar-refractivity contribution in [1.29, 1.82) is 0 Å². The summed E-state index contributed by atoms with van der Waals surface area (Å²) in [6.45, 7) is 0.562. The molecule has 0 spiro atoms. The Bertz CT molecular complexity index is 1420. The topological polar surface area (TPSA) is 165 Å². The van der Waals surface area contributed by atoms with Gasteiger partial charge in [-0.15, -0.1) is 0 Å². The summed E-state index contributed by atoms with van der Waals surface area (Å²) in [6, 6.07) is -0.933. The van der Waals surface area contributed by atoms with Crippen LogP contribution in [-0.2, 0) is 22.2 Å². The monoisotopic (exact) mass is 565 g/mol. The molecule has 1 aromatic rings. The number of likely N-dealkylation sites (N-methyl/N-ethyl adjacent to an activating group) is 1. The second-order valence-electron chi connectivity index (χ2n) is 11.3. The lowest BCUT2D eigenvalue weighted by Crippen LogP contribution is -2.63. The summed E-state index contributed by atoms with van der Waals surface area (Å²) in [4.78, 5) is 42.2. The zero-order valence-electron chi connectivity index (χ0n) is 22.0. The fraction of sp³-hybridized carbons (Fsp3) is 0.519. The van der Waals surface area contributed by atoms with E-state index in [4.69, 9.17) is 5.73 Å². The molecule has 5 atom stereocenters. The SMILES string of the molecule is CN(C)[C@@H]1C(O)=C(C(N)=O)C(=O)[C@@]2(O)C(O)=C3C(=O)c4c(O)cc([C@@H]5CCCN5C)c(C(F)(F)F)c4C[C@H]3C[C@@H]12. The van der Waals surface area contributed by atoms with Crippen molar-refractivity contribution < 1.29 is 48.0 Å². The summed E-state index contributed by atoms with van der Waals surface area (Å²) in [5, 5.41) is 44.6. The van der Waals surface area contributed by atoms with E-state index in [1.165, 1.54) is 19.0 Å². The van der Waals surface area contributed by atoms with E-state index in [0.29, 0.717) is 19.4 Å². The summed E-state index contributed by atoms with van der Waals surface area (Å²) < 4.78 is 43.9. The van der Waals surface area contributed by atoms with Crippen LogP contribution in [0.4, 0.5) is 13.2 Å². The number of carbonyl (C=O) groups excluding carboxylic acids is 3. The molecule has 1 saturated heterocycles. The first kappa shape index (κ1) is 28.1. The highest BCUT2D eigenvalue weighted by atomic mass is 19.4. The van der Waals surface area contributed by atoms with Crippen LogP contribution in [0.1, 0.15) is 52.4 Å². The van der Waals surface area contributed by atoms with E-state index in [1.807, 2.05) is 0 Å². The molecule has 1 aliphatic heterocycles. The quantitative estimate of drug-likeness (QED) is 0.344. The van der Waals surface area contributed by atoms with Crippen LogP contribution < -0.4 is 5.73 Å². The van der Waals surface area contributed by atoms with E-state index in [9.17, 15) is 48.0 Å². The molecule has 6 N–H and O–H groups in total. The lowest BCUT2D eigenvalue weighted by molar-refractivity contribution is -0.148. The van der Waals surface area contributed by atoms with Gasteiger partial charge in [-0.05, 0) is 76.5 Å². The first-order valence-electron chi connectivity index (χ1n) is 12.8. The maximum atomic E-state index is 14.6. The zero-order valence-corrected chi connectivity index (χ0v) is 22.0. The number of halogens is 3. The number of likely N-dealkylation sites (tertiary alicyclic amines) is 1. The Morgan fingerprint density at radius 1 is 1.20 bits per heavy atom. The van der Waals surface area contributed by atoms with Gasteiger partial charge >= 0.3 is 6.18 Å². The van der Waals surface area contributed by atoms with Crippen molar-refractivity contribution in [2.75, 3.05) is 27.7 Å². The van der Waals surface area contributed by atoms with Crippen LogP contribution in [0.5, 0.6) is 5.75 Å². The van der Waals surface area contributed by atoms with Gasteiger partial charge in [0.1, 0.15) is 22.8 Å². The summed E-state index contributed by atoms with van der Waals surface area (Å²) in [5.74, 6) is -8.93. The average molecular weight is 566 g/mol. The molecule has 0 unspecified atom stereocenters. The van der Waals surface area contributed by atoms with Crippen molar-refractivity contribution in [2.45, 2.75) is 49.5 Å². The number of nitrogens with two attached hydrogens (primary N) is 1. The molecule has 0 aromatic heterocycles. The lowest BCUT2D eigenvalue weighted by Gasteiger charge is -2.50. The largest absolute Gasteiger partial charge is 0.510 e. The maximum Gasteiger partial charge on any atom is 0.417 e. The first-order valence-corrected chi connectivity index (χ1v) is 12.8. The molecule has 1 aromatic carbocycles. The third-order valence-corrected chi connectivity index (χ3v) is 8.92. The Hall–Kier alpha value is -3.42. The molecule has 216 valence electrons. The number of hydrogen-bond acceptors (Lipinski definition) is 9. The minimum atomic E-state index is -4.88. The van der Waals surface area contributed by atoms with Crippen molar-refractivity contribution >= 4 is 17.5 Å². The second kappa shape index (κ2) is 9.05. The molecular weight excluding hydrogens is 535 g/mol. The summed E-state index contributed by atoms with van der Waals surface area (Å²) in [6.07, 6.45) is -4.52. The fourth-order valence-corrected chi connectivity index (χ4v) is 7.25.